The van der Waals surface area contributed by atoms with Crippen LogP contribution >= 0.6 is 27.3 Å². The molecule has 1 aromatic heterocycles. The summed E-state index contributed by atoms with van der Waals surface area (Å²) in [5, 5.41) is 4.93. The Balaban J connectivity index is 1.33. The zero-order valence-electron chi connectivity index (χ0n) is 15.2. The first-order valence-electron chi connectivity index (χ1n) is 9.18. The lowest BCUT2D eigenvalue weighted by atomic mass is 10.2. The van der Waals surface area contributed by atoms with Gasteiger partial charge in [0.15, 0.2) is 0 Å². The van der Waals surface area contributed by atoms with Crippen LogP contribution in [0.3, 0.4) is 0 Å². The summed E-state index contributed by atoms with van der Waals surface area (Å²) in [5.74, 6) is -0.0299. The van der Waals surface area contributed by atoms with Gasteiger partial charge in [-0.1, -0.05) is 22.0 Å². The minimum absolute atomic E-state index is 0.115. The van der Waals surface area contributed by atoms with Crippen LogP contribution in [0.25, 0.3) is 0 Å². The molecule has 0 spiro atoms. The number of hydrogen-bond donors (Lipinski definition) is 1. The molecule has 2 heterocycles. The second-order valence-corrected chi connectivity index (χ2v) is 8.51. The highest BCUT2D eigenvalue weighted by Gasteiger charge is 2.20. The van der Waals surface area contributed by atoms with Crippen molar-refractivity contribution in [2.75, 3.05) is 39.3 Å². The Kier molecular flexibility index (Phi) is 7.43. The minimum atomic E-state index is -0.145. The van der Waals surface area contributed by atoms with Gasteiger partial charge in [-0.25, -0.2) is 0 Å². The first-order chi connectivity index (χ1) is 13.1. The van der Waals surface area contributed by atoms with Crippen LogP contribution < -0.4 is 5.32 Å². The number of halogens is 1. The number of hydrogen-bond acceptors (Lipinski definition) is 4. The lowest BCUT2D eigenvalue weighted by Crippen LogP contribution is -2.49. The van der Waals surface area contributed by atoms with E-state index in [2.05, 4.69) is 43.7 Å². The summed E-state index contributed by atoms with van der Waals surface area (Å²) in [5.41, 5.74) is 0.602. The van der Waals surface area contributed by atoms with E-state index in [0.717, 1.165) is 43.6 Å². The number of benzene rings is 1. The normalized spacial score (nSPS) is 14.9. The Hall–Kier alpha value is -1.70. The molecule has 1 aromatic carbocycles. The molecule has 1 saturated heterocycles. The summed E-state index contributed by atoms with van der Waals surface area (Å²) in [6, 6.07) is 11.4. The van der Waals surface area contributed by atoms with Crippen molar-refractivity contribution in [2.45, 2.75) is 12.8 Å². The average Bonchev–Trinajstić information content (AvgIpc) is 3.21. The quantitative estimate of drug-likeness (QED) is 0.706. The van der Waals surface area contributed by atoms with E-state index in [1.54, 1.807) is 23.5 Å². The molecule has 7 heteroatoms. The summed E-state index contributed by atoms with van der Waals surface area (Å²) in [6.45, 7) is 4.79. The molecular weight excluding hydrogens is 426 g/mol. The highest BCUT2D eigenvalue weighted by molar-refractivity contribution is 9.10. The van der Waals surface area contributed by atoms with E-state index in [-0.39, 0.29) is 11.8 Å². The van der Waals surface area contributed by atoms with Crippen molar-refractivity contribution >= 4 is 39.1 Å². The molecule has 5 nitrogen and oxygen atoms in total. The second kappa shape index (κ2) is 10.0. The summed E-state index contributed by atoms with van der Waals surface area (Å²) < 4.78 is 0.934. The Bertz CT molecular complexity index is 741. The fourth-order valence-electron chi connectivity index (χ4n) is 3.09. The molecule has 0 bridgehead atoms. The summed E-state index contributed by atoms with van der Waals surface area (Å²) in [7, 11) is 0. The molecule has 0 saturated carbocycles. The average molecular weight is 450 g/mol. The molecule has 0 unspecified atom stereocenters. The molecule has 2 aromatic rings. The number of carbonyl (C=O) groups is 2. The van der Waals surface area contributed by atoms with Crippen molar-refractivity contribution in [3.05, 3.63) is 56.7 Å². The maximum Gasteiger partial charge on any atom is 0.251 e. The van der Waals surface area contributed by atoms with Gasteiger partial charge in [-0.15, -0.1) is 11.3 Å². The largest absolute Gasteiger partial charge is 0.352 e. The number of amides is 2. The van der Waals surface area contributed by atoms with Gasteiger partial charge in [0, 0.05) is 60.6 Å². The Morgan fingerprint density at radius 3 is 2.48 bits per heavy atom. The zero-order valence-corrected chi connectivity index (χ0v) is 17.6. The van der Waals surface area contributed by atoms with E-state index >= 15 is 0 Å². The number of piperazine rings is 1. The van der Waals surface area contributed by atoms with Gasteiger partial charge in [0.2, 0.25) is 5.91 Å². The molecule has 27 heavy (non-hydrogen) atoms. The third kappa shape index (κ3) is 6.16. The molecule has 3 rings (SSSR count). The molecule has 0 aliphatic carbocycles. The topological polar surface area (TPSA) is 52.7 Å². The van der Waals surface area contributed by atoms with Gasteiger partial charge in [0.05, 0.1) is 0 Å². The van der Waals surface area contributed by atoms with Crippen LogP contribution in [0.4, 0.5) is 0 Å². The Labute approximate surface area is 172 Å². The fourth-order valence-corrected chi connectivity index (χ4v) is 4.05. The molecule has 1 fully saturated rings. The van der Waals surface area contributed by atoms with Gasteiger partial charge in [0.25, 0.3) is 5.91 Å². The van der Waals surface area contributed by atoms with Crippen LogP contribution in [0.1, 0.15) is 21.7 Å². The monoisotopic (exact) mass is 449 g/mol. The summed E-state index contributed by atoms with van der Waals surface area (Å²) in [6.07, 6.45) is 1.42. The number of rotatable bonds is 7. The van der Waals surface area contributed by atoms with E-state index < -0.39 is 0 Å². The predicted octanol–water partition coefficient (Wildman–Crippen LogP) is 3.02. The lowest BCUT2D eigenvalue weighted by molar-refractivity contribution is -0.132. The highest BCUT2D eigenvalue weighted by Crippen LogP contribution is 2.12. The third-order valence-electron chi connectivity index (χ3n) is 4.71. The van der Waals surface area contributed by atoms with Crippen LogP contribution in [-0.4, -0.2) is 60.9 Å². The Morgan fingerprint density at radius 2 is 1.81 bits per heavy atom. The van der Waals surface area contributed by atoms with Crippen LogP contribution in [0.2, 0.25) is 0 Å². The zero-order chi connectivity index (χ0) is 19.1. The smallest absolute Gasteiger partial charge is 0.251 e. The van der Waals surface area contributed by atoms with Crippen LogP contribution in [0.5, 0.6) is 0 Å². The SMILES string of the molecule is O=C(NCCC(=O)N1CCN(CCc2cccs2)CC1)c1ccc(Br)cc1. The van der Waals surface area contributed by atoms with E-state index in [1.165, 1.54) is 4.88 Å². The van der Waals surface area contributed by atoms with Crippen molar-refractivity contribution < 1.29 is 9.59 Å². The van der Waals surface area contributed by atoms with Gasteiger partial charge in [-0.05, 0) is 42.1 Å². The second-order valence-electron chi connectivity index (χ2n) is 6.56. The third-order valence-corrected chi connectivity index (χ3v) is 6.18. The fraction of sp³-hybridized carbons (Fsp3) is 0.400. The van der Waals surface area contributed by atoms with Crippen LogP contribution in [0, 0.1) is 0 Å². The molecule has 1 aliphatic heterocycles. The highest BCUT2D eigenvalue weighted by atomic mass is 79.9. The van der Waals surface area contributed by atoms with Crippen LogP contribution in [-0.2, 0) is 11.2 Å². The molecule has 0 radical (unpaired) electrons. The molecule has 0 atom stereocenters. The standard InChI is InChI=1S/C20H24BrN3O2S/c21-17-5-3-16(4-6-17)20(26)22-9-7-19(25)24-13-11-23(12-14-24)10-8-18-2-1-15-27-18/h1-6,15H,7-14H2,(H,22,26). The van der Waals surface area contributed by atoms with Gasteiger partial charge in [-0.2, -0.15) is 0 Å². The van der Waals surface area contributed by atoms with Crippen molar-refractivity contribution in [3.8, 4) is 0 Å². The van der Waals surface area contributed by atoms with Crippen molar-refractivity contribution in [1.29, 1.82) is 0 Å². The number of nitrogens with one attached hydrogen (secondary N) is 1. The number of thiophene rings is 1. The van der Waals surface area contributed by atoms with E-state index in [9.17, 15) is 9.59 Å². The van der Waals surface area contributed by atoms with Gasteiger partial charge in [0.1, 0.15) is 0 Å². The lowest BCUT2D eigenvalue weighted by Gasteiger charge is -2.34. The van der Waals surface area contributed by atoms with Gasteiger partial charge in [-0.3, -0.25) is 14.5 Å². The first-order valence-corrected chi connectivity index (χ1v) is 10.9. The summed E-state index contributed by atoms with van der Waals surface area (Å²) in [4.78, 5) is 30.2. The van der Waals surface area contributed by atoms with Crippen molar-refractivity contribution in [3.63, 3.8) is 0 Å². The van der Waals surface area contributed by atoms with E-state index in [0.29, 0.717) is 18.5 Å². The van der Waals surface area contributed by atoms with E-state index in [4.69, 9.17) is 0 Å². The molecule has 144 valence electrons. The van der Waals surface area contributed by atoms with Gasteiger partial charge < -0.3 is 10.2 Å². The number of nitrogens with zero attached hydrogens (tertiary/aromatic N) is 2. The van der Waals surface area contributed by atoms with E-state index in [1.807, 2.05) is 17.0 Å². The Morgan fingerprint density at radius 1 is 1.07 bits per heavy atom. The predicted molar refractivity (Wildman–Crippen MR) is 112 cm³/mol. The van der Waals surface area contributed by atoms with Crippen molar-refractivity contribution in [1.82, 2.24) is 15.1 Å². The van der Waals surface area contributed by atoms with Gasteiger partial charge >= 0.3 is 0 Å². The van der Waals surface area contributed by atoms with Crippen molar-refractivity contribution in [2.24, 2.45) is 0 Å². The molecule has 1 N–H and O–H groups in total. The van der Waals surface area contributed by atoms with Crippen LogP contribution in [0.15, 0.2) is 46.3 Å². The molecular formula is C20H24BrN3O2S. The number of carbonyl (C=O) groups excluding carboxylic acids is 2. The maximum atomic E-state index is 12.4. The molecule has 2 amide bonds. The molecule has 1 aliphatic rings. The first kappa shape index (κ1) is 20.0. The summed E-state index contributed by atoms with van der Waals surface area (Å²) >= 11 is 5.15. The maximum absolute atomic E-state index is 12.4. The minimum Gasteiger partial charge on any atom is -0.352 e.